The molecular formula is C14H15NO5. The second-order valence-electron chi connectivity index (χ2n) is 4.57. The first-order valence-corrected chi connectivity index (χ1v) is 6.29. The summed E-state index contributed by atoms with van der Waals surface area (Å²) in [7, 11) is 0. The van der Waals surface area contributed by atoms with Crippen LogP contribution in [-0.4, -0.2) is 35.9 Å². The zero-order valence-corrected chi connectivity index (χ0v) is 11.1. The van der Waals surface area contributed by atoms with Crippen LogP contribution < -0.4 is 9.64 Å². The number of amides is 1. The van der Waals surface area contributed by atoms with E-state index in [1.165, 1.54) is 11.8 Å². The number of nitrogens with zero attached hydrogens (tertiary/aromatic N) is 1. The molecule has 0 bridgehead atoms. The van der Waals surface area contributed by atoms with E-state index in [1.54, 1.807) is 18.2 Å². The van der Waals surface area contributed by atoms with Crippen LogP contribution in [0.1, 0.15) is 30.1 Å². The highest BCUT2D eigenvalue weighted by Gasteiger charge is 2.25. The molecule has 0 unspecified atom stereocenters. The zero-order valence-electron chi connectivity index (χ0n) is 11.1. The average Bonchev–Trinajstić information content (AvgIpc) is 2.40. The number of hydrogen-bond donors (Lipinski definition) is 1. The van der Waals surface area contributed by atoms with Gasteiger partial charge >= 0.3 is 5.97 Å². The van der Waals surface area contributed by atoms with Gasteiger partial charge in [-0.15, -0.1) is 0 Å². The minimum absolute atomic E-state index is 0.00757. The quantitative estimate of drug-likeness (QED) is 0.824. The highest BCUT2D eigenvalue weighted by atomic mass is 16.5. The molecule has 1 N–H and O–H groups in total. The van der Waals surface area contributed by atoms with E-state index in [0.29, 0.717) is 30.0 Å². The van der Waals surface area contributed by atoms with Gasteiger partial charge in [0.25, 0.3) is 5.91 Å². The number of ether oxygens (including phenoxy) is 1. The number of carboxylic acids is 1. The fraction of sp³-hybridized carbons (Fsp3) is 0.357. The van der Waals surface area contributed by atoms with Gasteiger partial charge in [-0.2, -0.15) is 0 Å². The Labute approximate surface area is 115 Å². The van der Waals surface area contributed by atoms with Crippen LogP contribution >= 0.6 is 0 Å². The van der Waals surface area contributed by atoms with Crippen LogP contribution in [0.15, 0.2) is 18.2 Å². The lowest BCUT2D eigenvalue weighted by Gasteiger charge is -2.29. The van der Waals surface area contributed by atoms with E-state index in [2.05, 4.69) is 0 Å². The molecule has 1 aromatic carbocycles. The van der Waals surface area contributed by atoms with E-state index in [1.807, 2.05) is 0 Å². The molecule has 0 saturated heterocycles. The Bertz CT molecular complexity index is 567. The Morgan fingerprint density at radius 2 is 2.15 bits per heavy atom. The van der Waals surface area contributed by atoms with Crippen LogP contribution in [-0.2, 0) is 9.59 Å². The highest BCUT2D eigenvalue weighted by molar-refractivity contribution is 6.01. The molecule has 0 aliphatic carbocycles. The van der Waals surface area contributed by atoms with Gasteiger partial charge in [0.1, 0.15) is 5.75 Å². The lowest BCUT2D eigenvalue weighted by molar-refractivity contribution is -0.137. The van der Waals surface area contributed by atoms with Crippen molar-refractivity contribution in [1.82, 2.24) is 0 Å². The van der Waals surface area contributed by atoms with Crippen molar-refractivity contribution in [3.63, 3.8) is 0 Å². The van der Waals surface area contributed by atoms with Crippen molar-refractivity contribution in [3.05, 3.63) is 23.8 Å². The van der Waals surface area contributed by atoms with Gasteiger partial charge in [-0.3, -0.25) is 14.4 Å². The number of benzene rings is 1. The second kappa shape index (κ2) is 5.73. The predicted molar refractivity (Wildman–Crippen MR) is 71.2 cm³/mol. The first kappa shape index (κ1) is 14.0. The summed E-state index contributed by atoms with van der Waals surface area (Å²) in [5.74, 6) is -0.701. The number of anilines is 1. The van der Waals surface area contributed by atoms with Crippen molar-refractivity contribution >= 4 is 23.3 Å². The zero-order chi connectivity index (χ0) is 14.7. The van der Waals surface area contributed by atoms with Crippen LogP contribution in [0.3, 0.4) is 0 Å². The predicted octanol–water partition coefficient (Wildman–Crippen LogP) is 1.48. The molecule has 2 rings (SSSR count). The van der Waals surface area contributed by atoms with Gasteiger partial charge in [0, 0.05) is 18.5 Å². The maximum atomic E-state index is 11.9. The third-order valence-electron chi connectivity index (χ3n) is 3.08. The van der Waals surface area contributed by atoms with E-state index in [-0.39, 0.29) is 24.7 Å². The molecule has 0 saturated carbocycles. The fourth-order valence-electron chi connectivity index (χ4n) is 2.05. The number of carbonyl (C=O) groups excluding carboxylic acids is 2. The van der Waals surface area contributed by atoms with Gasteiger partial charge in [-0.25, -0.2) is 0 Å². The van der Waals surface area contributed by atoms with Gasteiger partial charge in [0.05, 0.1) is 5.69 Å². The van der Waals surface area contributed by atoms with Crippen molar-refractivity contribution < 1.29 is 24.2 Å². The summed E-state index contributed by atoms with van der Waals surface area (Å²) in [6, 6.07) is 4.91. The Hall–Kier alpha value is -2.37. The van der Waals surface area contributed by atoms with E-state index in [0.717, 1.165) is 0 Å². The lowest BCUT2D eigenvalue weighted by Crippen LogP contribution is -2.39. The third kappa shape index (κ3) is 2.96. The van der Waals surface area contributed by atoms with Crippen LogP contribution in [0, 0.1) is 0 Å². The number of rotatable bonds is 5. The number of ketones is 1. The van der Waals surface area contributed by atoms with Gasteiger partial charge in [-0.1, -0.05) is 0 Å². The molecule has 1 aromatic rings. The van der Waals surface area contributed by atoms with Gasteiger partial charge in [-0.05, 0) is 31.5 Å². The summed E-state index contributed by atoms with van der Waals surface area (Å²) in [4.78, 5) is 35.3. The second-order valence-corrected chi connectivity index (χ2v) is 4.57. The maximum absolute atomic E-state index is 11.9. The first-order chi connectivity index (χ1) is 9.49. The fourth-order valence-corrected chi connectivity index (χ4v) is 2.05. The number of Topliss-reactive ketones (excluding diaryl/α,β-unsaturated/α-hetero) is 1. The molecule has 0 radical (unpaired) electrons. The largest absolute Gasteiger partial charge is 0.482 e. The maximum Gasteiger partial charge on any atom is 0.303 e. The monoisotopic (exact) mass is 277 g/mol. The minimum Gasteiger partial charge on any atom is -0.482 e. The van der Waals surface area contributed by atoms with E-state index in [9.17, 15) is 14.4 Å². The molecule has 0 fully saturated rings. The average molecular weight is 277 g/mol. The van der Waals surface area contributed by atoms with Crippen molar-refractivity contribution in [1.29, 1.82) is 0 Å². The summed E-state index contributed by atoms with van der Waals surface area (Å²) in [5, 5.41) is 8.65. The molecule has 1 aliphatic heterocycles. The molecule has 106 valence electrons. The van der Waals surface area contributed by atoms with E-state index in [4.69, 9.17) is 9.84 Å². The highest BCUT2D eigenvalue weighted by Crippen LogP contribution is 2.33. The first-order valence-electron chi connectivity index (χ1n) is 6.29. The van der Waals surface area contributed by atoms with Crippen LogP contribution in [0.4, 0.5) is 5.69 Å². The smallest absolute Gasteiger partial charge is 0.303 e. The number of hydrogen-bond acceptors (Lipinski definition) is 4. The molecule has 1 aliphatic rings. The van der Waals surface area contributed by atoms with E-state index < -0.39 is 5.97 Å². The Morgan fingerprint density at radius 3 is 2.80 bits per heavy atom. The Kier molecular flexibility index (Phi) is 4.02. The number of carbonyl (C=O) groups is 3. The van der Waals surface area contributed by atoms with Crippen LogP contribution in [0.5, 0.6) is 5.75 Å². The molecule has 0 spiro atoms. The number of aliphatic carboxylic acids is 1. The topological polar surface area (TPSA) is 83.9 Å². The molecular weight excluding hydrogens is 262 g/mol. The summed E-state index contributed by atoms with van der Waals surface area (Å²) >= 11 is 0. The van der Waals surface area contributed by atoms with E-state index >= 15 is 0 Å². The normalized spacial score (nSPS) is 13.7. The third-order valence-corrected chi connectivity index (χ3v) is 3.08. The molecule has 6 nitrogen and oxygen atoms in total. The van der Waals surface area contributed by atoms with Crippen molar-refractivity contribution in [3.8, 4) is 5.75 Å². The standard InChI is InChI=1S/C14H15NO5/c1-9(16)10-4-5-12-11(7-10)15(13(17)8-20-12)6-2-3-14(18)19/h4-5,7H,2-3,6,8H2,1H3,(H,18,19). The summed E-state index contributed by atoms with van der Waals surface area (Å²) in [6.45, 7) is 1.67. The molecule has 0 aromatic heterocycles. The summed E-state index contributed by atoms with van der Waals surface area (Å²) < 4.78 is 5.31. The van der Waals surface area contributed by atoms with Crippen molar-refractivity contribution in [2.75, 3.05) is 18.1 Å². The molecule has 20 heavy (non-hydrogen) atoms. The van der Waals surface area contributed by atoms with Gasteiger partial charge in [0.15, 0.2) is 12.4 Å². The molecule has 1 amide bonds. The van der Waals surface area contributed by atoms with Gasteiger partial charge < -0.3 is 14.7 Å². The Morgan fingerprint density at radius 1 is 1.40 bits per heavy atom. The van der Waals surface area contributed by atoms with Crippen molar-refractivity contribution in [2.45, 2.75) is 19.8 Å². The summed E-state index contributed by atoms with van der Waals surface area (Å²) in [5.41, 5.74) is 1.02. The van der Waals surface area contributed by atoms with Crippen molar-refractivity contribution in [2.24, 2.45) is 0 Å². The minimum atomic E-state index is -0.900. The van der Waals surface area contributed by atoms with Crippen LogP contribution in [0.25, 0.3) is 0 Å². The SMILES string of the molecule is CC(=O)c1ccc2c(c1)N(CCCC(=O)O)C(=O)CO2. The number of carboxylic acid groups (broad SMARTS) is 1. The molecule has 1 heterocycles. The summed E-state index contributed by atoms with van der Waals surface area (Å²) in [6.07, 6.45) is 0.344. The lowest BCUT2D eigenvalue weighted by atomic mass is 10.1. The number of fused-ring (bicyclic) bond motifs is 1. The van der Waals surface area contributed by atoms with Gasteiger partial charge in [0.2, 0.25) is 0 Å². The van der Waals surface area contributed by atoms with Crippen LogP contribution in [0.2, 0.25) is 0 Å². The molecule has 0 atom stereocenters. The Balaban J connectivity index is 2.24. The molecule has 6 heteroatoms.